The van der Waals surface area contributed by atoms with Crippen LogP contribution >= 0.6 is 0 Å². The van der Waals surface area contributed by atoms with E-state index in [0.717, 1.165) is 11.1 Å². The van der Waals surface area contributed by atoms with Crippen LogP contribution in [0.3, 0.4) is 0 Å². The molecule has 0 spiro atoms. The number of carboxylic acid groups (broad SMARTS) is 1. The molecule has 0 radical (unpaired) electrons. The Balaban J connectivity index is 2.00. The highest BCUT2D eigenvalue weighted by atomic mass is 16.5. The van der Waals surface area contributed by atoms with Crippen LogP contribution in [0.1, 0.15) is 36.4 Å². The highest BCUT2D eigenvalue weighted by Gasteiger charge is 2.16. The summed E-state index contributed by atoms with van der Waals surface area (Å²) in [4.78, 5) is 23.3. The lowest BCUT2D eigenvalue weighted by atomic mass is 10.0. The Hall–Kier alpha value is -3.02. The van der Waals surface area contributed by atoms with Gasteiger partial charge in [-0.15, -0.1) is 0 Å². The van der Waals surface area contributed by atoms with Crippen LogP contribution < -0.4 is 14.8 Å². The number of carboxylic acids is 1. The third-order valence-corrected chi connectivity index (χ3v) is 4.24. The molecule has 2 rings (SSSR count). The van der Waals surface area contributed by atoms with Crippen molar-refractivity contribution >= 4 is 11.9 Å². The van der Waals surface area contributed by atoms with Crippen molar-refractivity contribution in [2.24, 2.45) is 0 Å². The maximum absolute atomic E-state index is 12.4. The third-order valence-electron chi connectivity index (χ3n) is 4.24. The second-order valence-electron chi connectivity index (χ2n) is 6.18. The largest absolute Gasteiger partial charge is 0.497 e. The summed E-state index contributed by atoms with van der Waals surface area (Å²) in [6, 6.07) is 14.6. The summed E-state index contributed by atoms with van der Waals surface area (Å²) in [5, 5.41) is 11.9. The van der Waals surface area contributed by atoms with E-state index >= 15 is 0 Å². The zero-order valence-corrected chi connectivity index (χ0v) is 15.6. The van der Waals surface area contributed by atoms with E-state index in [1.54, 1.807) is 20.3 Å². The summed E-state index contributed by atoms with van der Waals surface area (Å²) in [7, 11) is 3.16. The van der Waals surface area contributed by atoms with Crippen molar-refractivity contribution in [1.82, 2.24) is 5.32 Å². The topological polar surface area (TPSA) is 84.9 Å². The van der Waals surface area contributed by atoms with Crippen molar-refractivity contribution in [3.8, 4) is 11.5 Å². The molecule has 0 bridgehead atoms. The summed E-state index contributed by atoms with van der Waals surface area (Å²) >= 11 is 0. The predicted octanol–water partition coefficient (Wildman–Crippen LogP) is 3.36. The second kappa shape index (κ2) is 10.2. The molecule has 0 fully saturated rings. The zero-order chi connectivity index (χ0) is 19.6. The molecule has 144 valence electrons. The Morgan fingerprint density at radius 1 is 1.00 bits per heavy atom. The van der Waals surface area contributed by atoms with E-state index in [1.807, 2.05) is 42.5 Å². The number of methoxy groups -OCH3 is 2. The molecular weight excluding hydrogens is 346 g/mol. The SMILES string of the molecule is COc1cc(CCC(=O)NC(CCC(=O)O)c2ccccc2)cc(OC)c1. The van der Waals surface area contributed by atoms with E-state index < -0.39 is 5.97 Å². The van der Waals surface area contributed by atoms with Crippen LogP contribution in [-0.4, -0.2) is 31.2 Å². The number of hydrogen-bond donors (Lipinski definition) is 2. The number of benzene rings is 2. The summed E-state index contributed by atoms with van der Waals surface area (Å²) < 4.78 is 10.5. The van der Waals surface area contributed by atoms with Gasteiger partial charge in [0.2, 0.25) is 5.91 Å². The summed E-state index contributed by atoms with van der Waals surface area (Å²) in [6.45, 7) is 0. The molecule has 0 aliphatic rings. The minimum Gasteiger partial charge on any atom is -0.497 e. The molecule has 6 nitrogen and oxygen atoms in total. The van der Waals surface area contributed by atoms with Crippen LogP contribution in [0, 0.1) is 0 Å². The van der Waals surface area contributed by atoms with E-state index in [2.05, 4.69) is 5.32 Å². The summed E-state index contributed by atoms with van der Waals surface area (Å²) in [5.74, 6) is 0.339. The van der Waals surface area contributed by atoms with Crippen molar-refractivity contribution in [1.29, 1.82) is 0 Å². The zero-order valence-electron chi connectivity index (χ0n) is 15.6. The molecule has 0 aliphatic carbocycles. The molecule has 1 atom stereocenters. The first-order valence-corrected chi connectivity index (χ1v) is 8.80. The Kier molecular flexibility index (Phi) is 7.67. The Morgan fingerprint density at radius 2 is 1.63 bits per heavy atom. The number of hydrogen-bond acceptors (Lipinski definition) is 4. The number of carbonyl (C=O) groups is 2. The van der Waals surface area contributed by atoms with Gasteiger partial charge in [0, 0.05) is 18.9 Å². The standard InChI is InChI=1S/C21H25NO5/c1-26-17-12-15(13-18(14-17)27-2)8-10-20(23)22-19(9-11-21(24)25)16-6-4-3-5-7-16/h3-7,12-14,19H,8-11H2,1-2H3,(H,22,23)(H,24,25). The van der Waals surface area contributed by atoms with Gasteiger partial charge in [-0.3, -0.25) is 9.59 Å². The van der Waals surface area contributed by atoms with Gasteiger partial charge >= 0.3 is 5.97 Å². The second-order valence-corrected chi connectivity index (χ2v) is 6.18. The van der Waals surface area contributed by atoms with Gasteiger partial charge in [0.1, 0.15) is 11.5 Å². The number of rotatable bonds is 10. The number of aryl methyl sites for hydroxylation is 1. The minimum atomic E-state index is -0.881. The van der Waals surface area contributed by atoms with Gasteiger partial charge < -0.3 is 19.9 Å². The van der Waals surface area contributed by atoms with E-state index in [1.165, 1.54) is 0 Å². The fourth-order valence-corrected chi connectivity index (χ4v) is 2.81. The van der Waals surface area contributed by atoms with Crippen LogP contribution in [0.5, 0.6) is 11.5 Å². The van der Waals surface area contributed by atoms with E-state index in [9.17, 15) is 9.59 Å². The predicted molar refractivity (Wildman–Crippen MR) is 102 cm³/mol. The molecule has 0 saturated carbocycles. The minimum absolute atomic E-state index is 0.00702. The average molecular weight is 371 g/mol. The molecule has 0 heterocycles. The highest BCUT2D eigenvalue weighted by molar-refractivity contribution is 5.77. The fraction of sp³-hybridized carbons (Fsp3) is 0.333. The van der Waals surface area contributed by atoms with Gasteiger partial charge in [0.15, 0.2) is 0 Å². The van der Waals surface area contributed by atoms with Crippen molar-refractivity contribution in [3.05, 3.63) is 59.7 Å². The normalized spacial score (nSPS) is 11.5. The van der Waals surface area contributed by atoms with Gasteiger partial charge in [0.25, 0.3) is 0 Å². The molecule has 2 N–H and O–H groups in total. The number of aliphatic carboxylic acids is 1. The monoisotopic (exact) mass is 371 g/mol. The lowest BCUT2D eigenvalue weighted by molar-refractivity contribution is -0.137. The fourth-order valence-electron chi connectivity index (χ4n) is 2.81. The van der Waals surface area contributed by atoms with Gasteiger partial charge in [-0.25, -0.2) is 0 Å². The number of ether oxygens (including phenoxy) is 2. The Bertz CT molecular complexity index is 738. The lowest BCUT2D eigenvalue weighted by Crippen LogP contribution is -2.29. The van der Waals surface area contributed by atoms with E-state index in [4.69, 9.17) is 14.6 Å². The Morgan fingerprint density at radius 3 is 2.19 bits per heavy atom. The van der Waals surface area contributed by atoms with E-state index in [0.29, 0.717) is 24.3 Å². The van der Waals surface area contributed by atoms with E-state index in [-0.39, 0.29) is 24.8 Å². The quantitative estimate of drug-likeness (QED) is 0.669. The molecule has 0 aromatic heterocycles. The van der Waals surface area contributed by atoms with Crippen molar-refractivity contribution < 1.29 is 24.2 Å². The molecule has 2 aromatic carbocycles. The molecule has 0 aliphatic heterocycles. The number of carbonyl (C=O) groups excluding carboxylic acids is 1. The molecule has 27 heavy (non-hydrogen) atoms. The maximum Gasteiger partial charge on any atom is 0.303 e. The molecular formula is C21H25NO5. The van der Waals surface area contributed by atoms with Gasteiger partial charge in [-0.1, -0.05) is 30.3 Å². The first kappa shape index (κ1) is 20.3. The van der Waals surface area contributed by atoms with Crippen molar-refractivity contribution in [2.45, 2.75) is 31.7 Å². The van der Waals surface area contributed by atoms with Crippen LogP contribution in [0.2, 0.25) is 0 Å². The van der Waals surface area contributed by atoms with Crippen LogP contribution in [0.15, 0.2) is 48.5 Å². The molecule has 6 heteroatoms. The van der Waals surface area contributed by atoms with Crippen LogP contribution in [-0.2, 0) is 16.0 Å². The third kappa shape index (κ3) is 6.66. The number of amides is 1. The molecule has 1 unspecified atom stereocenters. The maximum atomic E-state index is 12.4. The molecule has 2 aromatic rings. The molecule has 1 amide bonds. The van der Waals surface area contributed by atoms with Gasteiger partial charge in [-0.2, -0.15) is 0 Å². The Labute approximate surface area is 159 Å². The first-order chi connectivity index (χ1) is 13.0. The van der Waals surface area contributed by atoms with Crippen LogP contribution in [0.25, 0.3) is 0 Å². The highest BCUT2D eigenvalue weighted by Crippen LogP contribution is 2.24. The first-order valence-electron chi connectivity index (χ1n) is 8.80. The molecule has 0 saturated heterocycles. The summed E-state index contributed by atoms with van der Waals surface area (Å²) in [5.41, 5.74) is 1.83. The van der Waals surface area contributed by atoms with Crippen molar-refractivity contribution in [3.63, 3.8) is 0 Å². The average Bonchev–Trinajstić information content (AvgIpc) is 2.69. The van der Waals surface area contributed by atoms with Gasteiger partial charge in [0.05, 0.1) is 20.3 Å². The van der Waals surface area contributed by atoms with Crippen molar-refractivity contribution in [2.75, 3.05) is 14.2 Å². The van der Waals surface area contributed by atoms with Crippen LogP contribution in [0.4, 0.5) is 0 Å². The smallest absolute Gasteiger partial charge is 0.303 e. The van der Waals surface area contributed by atoms with Gasteiger partial charge in [-0.05, 0) is 36.1 Å². The number of nitrogens with one attached hydrogen (secondary N) is 1. The summed E-state index contributed by atoms with van der Waals surface area (Å²) in [6.07, 6.45) is 1.15. The lowest BCUT2D eigenvalue weighted by Gasteiger charge is -2.18.